The molecule has 0 bridgehead atoms. The summed E-state index contributed by atoms with van der Waals surface area (Å²) in [6.45, 7) is 4.18. The van der Waals surface area contributed by atoms with Crippen molar-refractivity contribution in [1.29, 1.82) is 0 Å². The number of aliphatic carboxylic acids is 1. The number of hydrogen-bond donors (Lipinski definition) is 2. The molecule has 2 N–H and O–H groups in total. The molecule has 1 aromatic rings. The summed E-state index contributed by atoms with van der Waals surface area (Å²) < 4.78 is 0. The fraction of sp³-hybridized carbons (Fsp3) is 0.467. The Morgan fingerprint density at radius 1 is 1.35 bits per heavy atom. The summed E-state index contributed by atoms with van der Waals surface area (Å²) >= 11 is 0. The van der Waals surface area contributed by atoms with Gasteiger partial charge in [-0.05, 0) is 25.1 Å². The zero-order chi connectivity index (χ0) is 15.1. The van der Waals surface area contributed by atoms with Crippen LogP contribution in [0.3, 0.4) is 0 Å². The first-order chi connectivity index (χ1) is 9.43. The van der Waals surface area contributed by atoms with Crippen molar-refractivity contribution < 1.29 is 14.7 Å². The summed E-state index contributed by atoms with van der Waals surface area (Å²) in [6.07, 6.45) is 0.850. The number of anilines is 1. The lowest BCUT2D eigenvalue weighted by molar-refractivity contribution is -0.141. The average Bonchev–Trinajstić information content (AvgIpc) is 2.38. The number of carboxylic acid groups (broad SMARTS) is 1. The molecule has 0 aromatic heterocycles. The molecule has 0 aliphatic heterocycles. The van der Waals surface area contributed by atoms with E-state index in [0.29, 0.717) is 6.54 Å². The van der Waals surface area contributed by atoms with Gasteiger partial charge in [0.1, 0.15) is 0 Å². The predicted octanol–water partition coefficient (Wildman–Crippen LogP) is 1.84. The predicted molar refractivity (Wildman–Crippen MR) is 78.7 cm³/mol. The van der Waals surface area contributed by atoms with Gasteiger partial charge in [0, 0.05) is 12.2 Å². The Labute approximate surface area is 119 Å². The quantitative estimate of drug-likeness (QED) is 0.798. The van der Waals surface area contributed by atoms with Crippen LogP contribution in [-0.2, 0) is 16.0 Å². The Balaban J connectivity index is 2.53. The highest BCUT2D eigenvalue weighted by Crippen LogP contribution is 2.15. The molecule has 1 aromatic carbocycles. The highest BCUT2D eigenvalue weighted by atomic mass is 16.4. The molecule has 0 aliphatic rings. The van der Waals surface area contributed by atoms with Crippen LogP contribution in [0.1, 0.15) is 19.4 Å². The topological polar surface area (TPSA) is 69.6 Å². The molecule has 1 unspecified atom stereocenters. The number of para-hydroxylation sites is 1. The Morgan fingerprint density at radius 3 is 2.60 bits per heavy atom. The number of nitrogens with zero attached hydrogens (tertiary/aromatic N) is 1. The minimum atomic E-state index is -0.853. The van der Waals surface area contributed by atoms with Gasteiger partial charge in [0.2, 0.25) is 5.91 Å². The van der Waals surface area contributed by atoms with Crippen LogP contribution >= 0.6 is 0 Å². The lowest BCUT2D eigenvalue weighted by Gasteiger charge is -2.19. The third-order valence-electron chi connectivity index (χ3n) is 3.09. The second kappa shape index (κ2) is 7.65. The van der Waals surface area contributed by atoms with Gasteiger partial charge < -0.3 is 10.4 Å². The van der Waals surface area contributed by atoms with Gasteiger partial charge >= 0.3 is 5.97 Å². The molecule has 110 valence electrons. The number of carbonyl (C=O) groups is 2. The zero-order valence-corrected chi connectivity index (χ0v) is 12.2. The highest BCUT2D eigenvalue weighted by Gasteiger charge is 2.15. The third kappa shape index (κ3) is 5.01. The molecule has 5 nitrogen and oxygen atoms in total. The smallest absolute Gasteiger partial charge is 0.307 e. The summed E-state index contributed by atoms with van der Waals surface area (Å²) in [5, 5.41) is 11.7. The molecular formula is C15H22N2O3. The molecule has 0 heterocycles. The van der Waals surface area contributed by atoms with Crippen LogP contribution in [0.2, 0.25) is 0 Å². The van der Waals surface area contributed by atoms with Crippen molar-refractivity contribution in [3.05, 3.63) is 29.8 Å². The van der Waals surface area contributed by atoms with Crippen molar-refractivity contribution in [3.8, 4) is 0 Å². The maximum atomic E-state index is 11.9. The van der Waals surface area contributed by atoms with E-state index in [4.69, 9.17) is 5.11 Å². The fourth-order valence-corrected chi connectivity index (χ4v) is 2.00. The number of amides is 1. The van der Waals surface area contributed by atoms with Gasteiger partial charge in [-0.15, -0.1) is 0 Å². The summed E-state index contributed by atoms with van der Waals surface area (Å²) in [4.78, 5) is 24.4. The number of carboxylic acids is 1. The molecule has 0 spiro atoms. The molecule has 0 fully saturated rings. The van der Waals surface area contributed by atoms with Gasteiger partial charge in [0.05, 0.1) is 12.5 Å². The van der Waals surface area contributed by atoms with Gasteiger partial charge in [-0.1, -0.05) is 32.0 Å². The number of nitrogens with one attached hydrogen (secondary N) is 1. The van der Waals surface area contributed by atoms with Crippen LogP contribution < -0.4 is 5.32 Å². The first-order valence-electron chi connectivity index (χ1n) is 6.73. The zero-order valence-electron chi connectivity index (χ0n) is 12.2. The van der Waals surface area contributed by atoms with Crippen LogP contribution in [0.5, 0.6) is 0 Å². The minimum Gasteiger partial charge on any atom is -0.481 e. The molecule has 0 aliphatic carbocycles. The Bertz CT molecular complexity index is 474. The van der Waals surface area contributed by atoms with E-state index in [0.717, 1.165) is 17.7 Å². The SMILES string of the molecule is CCc1ccccc1NC(=O)CN(C)CC(C)C(=O)O. The first-order valence-corrected chi connectivity index (χ1v) is 6.73. The largest absolute Gasteiger partial charge is 0.481 e. The number of rotatable bonds is 7. The van der Waals surface area contributed by atoms with Crippen molar-refractivity contribution in [3.63, 3.8) is 0 Å². The van der Waals surface area contributed by atoms with Gasteiger partial charge in [-0.2, -0.15) is 0 Å². The van der Waals surface area contributed by atoms with Crippen molar-refractivity contribution >= 4 is 17.6 Å². The molecule has 1 rings (SSSR count). The lowest BCUT2D eigenvalue weighted by Crippen LogP contribution is -2.35. The van der Waals surface area contributed by atoms with E-state index in [2.05, 4.69) is 5.32 Å². The van der Waals surface area contributed by atoms with Crippen molar-refractivity contribution in [2.75, 3.05) is 25.5 Å². The van der Waals surface area contributed by atoms with Crippen LogP contribution in [0.4, 0.5) is 5.69 Å². The summed E-state index contributed by atoms with van der Waals surface area (Å²) in [5.74, 6) is -1.48. The summed E-state index contributed by atoms with van der Waals surface area (Å²) in [7, 11) is 1.74. The van der Waals surface area contributed by atoms with Crippen molar-refractivity contribution in [1.82, 2.24) is 4.90 Å². The minimum absolute atomic E-state index is 0.133. The van der Waals surface area contributed by atoms with Crippen LogP contribution in [-0.4, -0.2) is 42.0 Å². The van der Waals surface area contributed by atoms with Crippen LogP contribution in [0, 0.1) is 5.92 Å². The first kappa shape index (κ1) is 16.2. The van der Waals surface area contributed by atoms with E-state index in [1.54, 1.807) is 18.9 Å². The molecule has 1 atom stereocenters. The average molecular weight is 278 g/mol. The molecule has 0 saturated carbocycles. The fourth-order valence-electron chi connectivity index (χ4n) is 2.00. The number of hydrogen-bond acceptors (Lipinski definition) is 3. The van der Waals surface area contributed by atoms with Crippen LogP contribution in [0.25, 0.3) is 0 Å². The number of carbonyl (C=O) groups excluding carboxylic acids is 1. The Kier molecular flexibility index (Phi) is 6.18. The monoisotopic (exact) mass is 278 g/mol. The van der Waals surface area contributed by atoms with E-state index in [9.17, 15) is 9.59 Å². The maximum Gasteiger partial charge on any atom is 0.307 e. The van der Waals surface area contributed by atoms with Crippen molar-refractivity contribution in [2.45, 2.75) is 20.3 Å². The highest BCUT2D eigenvalue weighted by molar-refractivity contribution is 5.93. The molecule has 0 saturated heterocycles. The normalized spacial score (nSPS) is 12.2. The molecular weight excluding hydrogens is 256 g/mol. The van der Waals surface area contributed by atoms with Gasteiger partial charge in [0.25, 0.3) is 0 Å². The van der Waals surface area contributed by atoms with Crippen LogP contribution in [0.15, 0.2) is 24.3 Å². The van der Waals surface area contributed by atoms with Gasteiger partial charge in [-0.25, -0.2) is 0 Å². The Morgan fingerprint density at radius 2 is 2.00 bits per heavy atom. The Hall–Kier alpha value is -1.88. The number of benzene rings is 1. The summed E-state index contributed by atoms with van der Waals surface area (Å²) in [5.41, 5.74) is 1.90. The second-order valence-electron chi connectivity index (χ2n) is 4.99. The van der Waals surface area contributed by atoms with E-state index in [-0.39, 0.29) is 12.5 Å². The maximum absolute atomic E-state index is 11.9. The molecule has 0 radical (unpaired) electrons. The molecule has 20 heavy (non-hydrogen) atoms. The number of likely N-dealkylation sites (N-methyl/N-ethyl adjacent to an activating group) is 1. The van der Waals surface area contributed by atoms with Gasteiger partial charge in [-0.3, -0.25) is 14.5 Å². The standard InChI is InChI=1S/C15H22N2O3/c1-4-12-7-5-6-8-13(12)16-14(18)10-17(3)9-11(2)15(19)20/h5-8,11H,4,9-10H2,1-3H3,(H,16,18)(H,19,20). The van der Waals surface area contributed by atoms with E-state index in [1.807, 2.05) is 31.2 Å². The number of aryl methyl sites for hydroxylation is 1. The second-order valence-corrected chi connectivity index (χ2v) is 4.99. The molecule has 5 heteroatoms. The third-order valence-corrected chi connectivity index (χ3v) is 3.09. The van der Waals surface area contributed by atoms with E-state index >= 15 is 0 Å². The van der Waals surface area contributed by atoms with Crippen molar-refractivity contribution in [2.24, 2.45) is 5.92 Å². The molecule has 1 amide bonds. The van der Waals surface area contributed by atoms with Gasteiger partial charge in [0.15, 0.2) is 0 Å². The lowest BCUT2D eigenvalue weighted by atomic mass is 10.1. The summed E-state index contributed by atoms with van der Waals surface area (Å²) in [6, 6.07) is 7.67. The van der Waals surface area contributed by atoms with E-state index in [1.165, 1.54) is 0 Å². The van der Waals surface area contributed by atoms with E-state index < -0.39 is 11.9 Å².